The molecule has 0 aromatic heterocycles. The van der Waals surface area contributed by atoms with Gasteiger partial charge in [0.1, 0.15) is 6.61 Å². The Hall–Kier alpha value is -1.07. The number of aliphatic hydroxyl groups is 1. The lowest BCUT2D eigenvalue weighted by molar-refractivity contribution is 0.151. The molecule has 1 unspecified atom stereocenters. The smallest absolute Gasteiger partial charge is 0.410 e. The third kappa shape index (κ3) is 2.36. The van der Waals surface area contributed by atoms with E-state index in [4.69, 9.17) is 9.84 Å². The number of halogens is 1. The first-order chi connectivity index (χ1) is 7.70. The summed E-state index contributed by atoms with van der Waals surface area (Å²) >= 11 is 3.35. The Labute approximate surface area is 102 Å². The van der Waals surface area contributed by atoms with Gasteiger partial charge in [-0.2, -0.15) is 0 Å². The molecule has 16 heavy (non-hydrogen) atoms. The Kier molecular flexibility index (Phi) is 3.46. The summed E-state index contributed by atoms with van der Waals surface area (Å²) in [6.07, 6.45) is -0.359. The lowest BCUT2D eigenvalue weighted by atomic mass is 10.2. The summed E-state index contributed by atoms with van der Waals surface area (Å²) < 4.78 is 5.88. The maximum Gasteiger partial charge on any atom is 0.410 e. The zero-order valence-electron chi connectivity index (χ0n) is 8.60. The predicted molar refractivity (Wildman–Crippen MR) is 61.9 cm³/mol. The largest absolute Gasteiger partial charge is 0.447 e. The first-order valence-corrected chi connectivity index (χ1v) is 5.78. The zero-order valence-corrected chi connectivity index (χ0v) is 10.2. The summed E-state index contributed by atoms with van der Waals surface area (Å²) in [5.74, 6) is 0. The Balaban J connectivity index is 2.08. The van der Waals surface area contributed by atoms with Crippen molar-refractivity contribution in [3.63, 3.8) is 0 Å². The molecule has 86 valence electrons. The van der Waals surface area contributed by atoms with Crippen LogP contribution in [0.1, 0.15) is 5.56 Å². The molecule has 1 atom stereocenters. The van der Waals surface area contributed by atoms with Gasteiger partial charge >= 0.3 is 6.09 Å². The second-order valence-corrected chi connectivity index (χ2v) is 4.58. The molecule has 5 heteroatoms. The number of cyclic esters (lactones) is 1. The zero-order chi connectivity index (χ0) is 11.5. The molecule has 1 aliphatic heterocycles. The van der Waals surface area contributed by atoms with Crippen molar-refractivity contribution in [2.75, 3.05) is 13.2 Å². The van der Waals surface area contributed by atoms with Crippen LogP contribution < -0.4 is 0 Å². The molecule has 0 saturated carbocycles. The summed E-state index contributed by atoms with van der Waals surface area (Å²) in [6, 6.07) is 7.49. The van der Waals surface area contributed by atoms with Crippen LogP contribution in [-0.2, 0) is 11.3 Å². The van der Waals surface area contributed by atoms with E-state index in [9.17, 15) is 4.79 Å². The first kappa shape index (κ1) is 11.4. The third-order valence-corrected chi connectivity index (χ3v) is 3.08. The second kappa shape index (κ2) is 4.84. The summed E-state index contributed by atoms with van der Waals surface area (Å²) in [4.78, 5) is 12.9. The molecule has 1 N–H and O–H groups in total. The number of hydrogen-bond acceptors (Lipinski definition) is 3. The van der Waals surface area contributed by atoms with Crippen molar-refractivity contribution in [1.82, 2.24) is 4.90 Å². The number of rotatable bonds is 3. The highest BCUT2D eigenvalue weighted by atomic mass is 79.9. The van der Waals surface area contributed by atoms with Gasteiger partial charge in [0.2, 0.25) is 0 Å². The number of ether oxygens (including phenoxy) is 1. The average Bonchev–Trinajstić information content (AvgIpc) is 2.63. The van der Waals surface area contributed by atoms with Gasteiger partial charge in [-0.3, -0.25) is 4.90 Å². The van der Waals surface area contributed by atoms with Gasteiger partial charge in [-0.05, 0) is 17.7 Å². The van der Waals surface area contributed by atoms with E-state index in [2.05, 4.69) is 15.9 Å². The second-order valence-electron chi connectivity index (χ2n) is 3.67. The van der Waals surface area contributed by atoms with Crippen LogP contribution in [0.25, 0.3) is 0 Å². The highest BCUT2D eigenvalue weighted by Crippen LogP contribution is 2.17. The van der Waals surface area contributed by atoms with Crippen LogP contribution in [0.15, 0.2) is 28.7 Å². The Morgan fingerprint density at radius 3 is 2.75 bits per heavy atom. The van der Waals surface area contributed by atoms with Gasteiger partial charge in [-0.15, -0.1) is 0 Å². The number of aliphatic hydroxyl groups excluding tert-OH is 1. The fraction of sp³-hybridized carbons (Fsp3) is 0.364. The summed E-state index contributed by atoms with van der Waals surface area (Å²) in [6.45, 7) is 0.672. The van der Waals surface area contributed by atoms with Crippen LogP contribution in [0.5, 0.6) is 0 Å². The number of carbonyl (C=O) groups is 1. The normalized spacial score (nSPS) is 20.0. The van der Waals surface area contributed by atoms with Gasteiger partial charge in [-0.1, -0.05) is 28.1 Å². The maximum absolute atomic E-state index is 11.4. The van der Waals surface area contributed by atoms with Crippen LogP contribution in [0.4, 0.5) is 4.79 Å². The molecular formula is C11H12BrNO3. The quantitative estimate of drug-likeness (QED) is 0.921. The monoisotopic (exact) mass is 285 g/mol. The van der Waals surface area contributed by atoms with Gasteiger partial charge in [0.05, 0.1) is 12.6 Å². The van der Waals surface area contributed by atoms with E-state index in [0.717, 1.165) is 10.0 Å². The van der Waals surface area contributed by atoms with E-state index in [1.807, 2.05) is 24.3 Å². The van der Waals surface area contributed by atoms with E-state index in [-0.39, 0.29) is 25.3 Å². The topological polar surface area (TPSA) is 49.8 Å². The number of benzene rings is 1. The first-order valence-electron chi connectivity index (χ1n) is 4.99. The molecule has 0 spiro atoms. The Morgan fingerprint density at radius 1 is 1.44 bits per heavy atom. The third-order valence-electron chi connectivity index (χ3n) is 2.55. The average molecular weight is 286 g/mol. The molecule has 0 bridgehead atoms. The molecule has 2 rings (SSSR count). The van der Waals surface area contributed by atoms with E-state index < -0.39 is 0 Å². The molecule has 1 fully saturated rings. The molecule has 0 radical (unpaired) electrons. The van der Waals surface area contributed by atoms with Crippen LogP contribution in [-0.4, -0.2) is 35.4 Å². The molecule has 1 aromatic rings. The fourth-order valence-corrected chi connectivity index (χ4v) is 1.89. The summed E-state index contributed by atoms with van der Waals surface area (Å²) in [5.41, 5.74) is 1.01. The van der Waals surface area contributed by atoms with Crippen LogP contribution in [0.2, 0.25) is 0 Å². The van der Waals surface area contributed by atoms with Crippen LogP contribution >= 0.6 is 15.9 Å². The van der Waals surface area contributed by atoms with E-state index >= 15 is 0 Å². The van der Waals surface area contributed by atoms with Crippen molar-refractivity contribution in [1.29, 1.82) is 0 Å². The molecule has 4 nitrogen and oxygen atoms in total. The lowest BCUT2D eigenvalue weighted by Gasteiger charge is -2.19. The highest BCUT2D eigenvalue weighted by Gasteiger charge is 2.32. The summed E-state index contributed by atoms with van der Waals surface area (Å²) in [5, 5.41) is 9.09. The van der Waals surface area contributed by atoms with E-state index in [0.29, 0.717) is 6.54 Å². The standard InChI is InChI=1S/C11H12BrNO3/c12-9-3-1-8(2-4-9)5-13-10(6-14)7-16-11(13)15/h1-4,10,14H,5-7H2. The van der Waals surface area contributed by atoms with Gasteiger partial charge in [0, 0.05) is 11.0 Å². The van der Waals surface area contributed by atoms with Crippen LogP contribution in [0, 0.1) is 0 Å². The van der Waals surface area contributed by atoms with Gasteiger partial charge in [-0.25, -0.2) is 4.79 Å². The van der Waals surface area contributed by atoms with Crippen molar-refractivity contribution >= 4 is 22.0 Å². The minimum Gasteiger partial charge on any atom is -0.447 e. The Morgan fingerprint density at radius 2 is 2.12 bits per heavy atom. The highest BCUT2D eigenvalue weighted by molar-refractivity contribution is 9.10. The maximum atomic E-state index is 11.4. The fourth-order valence-electron chi connectivity index (χ4n) is 1.62. The number of nitrogens with zero attached hydrogens (tertiary/aromatic N) is 1. The molecule has 1 saturated heterocycles. The molecule has 0 aliphatic carbocycles. The minimum absolute atomic E-state index is 0.0672. The summed E-state index contributed by atoms with van der Waals surface area (Å²) in [7, 11) is 0. The van der Waals surface area contributed by atoms with Crippen molar-refractivity contribution in [2.45, 2.75) is 12.6 Å². The van der Waals surface area contributed by atoms with Gasteiger partial charge in [0.25, 0.3) is 0 Å². The minimum atomic E-state index is -0.359. The predicted octanol–water partition coefficient (Wildman–Crippen LogP) is 1.76. The number of hydrogen-bond donors (Lipinski definition) is 1. The SMILES string of the molecule is O=C1OCC(CO)N1Cc1ccc(Br)cc1. The van der Waals surface area contributed by atoms with E-state index in [1.165, 1.54) is 0 Å². The Bertz CT molecular complexity index is 379. The van der Waals surface area contributed by atoms with E-state index in [1.54, 1.807) is 4.90 Å². The molecule has 1 aliphatic rings. The van der Waals surface area contributed by atoms with Crippen molar-refractivity contribution in [2.24, 2.45) is 0 Å². The van der Waals surface area contributed by atoms with Gasteiger partial charge < -0.3 is 9.84 Å². The van der Waals surface area contributed by atoms with Crippen LogP contribution in [0.3, 0.4) is 0 Å². The van der Waals surface area contributed by atoms with Gasteiger partial charge in [0.15, 0.2) is 0 Å². The molecule has 1 amide bonds. The van der Waals surface area contributed by atoms with Crippen molar-refractivity contribution < 1.29 is 14.6 Å². The molecule has 1 heterocycles. The van der Waals surface area contributed by atoms with Crippen molar-refractivity contribution in [3.05, 3.63) is 34.3 Å². The molecule has 1 aromatic carbocycles. The molecular weight excluding hydrogens is 274 g/mol. The number of carbonyl (C=O) groups excluding carboxylic acids is 1. The van der Waals surface area contributed by atoms with Crippen molar-refractivity contribution in [3.8, 4) is 0 Å². The lowest BCUT2D eigenvalue weighted by Crippen LogP contribution is -2.35. The number of amides is 1.